The molecule has 1 amide bonds. The molecule has 0 saturated carbocycles. The van der Waals surface area contributed by atoms with Crippen molar-refractivity contribution in [3.8, 4) is 6.07 Å². The number of carbonyl (C=O) groups excluding carboxylic acids is 1. The van der Waals surface area contributed by atoms with E-state index in [1.807, 2.05) is 63.2 Å². The fourth-order valence-corrected chi connectivity index (χ4v) is 3.18. The van der Waals surface area contributed by atoms with E-state index < -0.39 is 5.41 Å². The van der Waals surface area contributed by atoms with E-state index in [0.29, 0.717) is 23.4 Å². The second-order valence-corrected chi connectivity index (χ2v) is 8.18. The third kappa shape index (κ3) is 5.20. The van der Waals surface area contributed by atoms with Crippen LogP contribution in [0.3, 0.4) is 0 Å². The molecule has 2 aromatic carbocycles. The summed E-state index contributed by atoms with van der Waals surface area (Å²) >= 11 is 0. The summed E-state index contributed by atoms with van der Waals surface area (Å²) in [6, 6.07) is 17.5. The molecule has 0 saturated heterocycles. The molecular weight excluding hydrogens is 388 g/mol. The number of hydrogen-bond acceptors (Lipinski definition) is 4. The van der Waals surface area contributed by atoms with E-state index in [1.54, 1.807) is 13.0 Å². The quantitative estimate of drug-likeness (QED) is 0.546. The van der Waals surface area contributed by atoms with Gasteiger partial charge in [-0.15, -0.1) is 0 Å². The van der Waals surface area contributed by atoms with Gasteiger partial charge in [0.2, 0.25) is 0 Å². The van der Waals surface area contributed by atoms with Gasteiger partial charge in [0, 0.05) is 29.6 Å². The fraction of sp³-hybridized carbons (Fsp3) is 0.240. The molecule has 1 heterocycles. The first-order valence-corrected chi connectivity index (χ1v) is 10.1. The number of H-pyrrole nitrogens is 1. The first-order valence-electron chi connectivity index (χ1n) is 10.1. The van der Waals surface area contributed by atoms with Crippen LogP contribution in [0.1, 0.15) is 46.5 Å². The van der Waals surface area contributed by atoms with Crippen molar-refractivity contribution in [3.05, 3.63) is 92.9 Å². The van der Waals surface area contributed by atoms with Gasteiger partial charge in [-0.3, -0.25) is 9.59 Å². The van der Waals surface area contributed by atoms with Crippen LogP contribution in [0.2, 0.25) is 0 Å². The standard InChI is InChI=1S/C25H26N4O2/c1-16-8-9-20(27-13-18-6-5-7-19(11-18)25(3,4)15-26)12-22(16)24(31)29-21-10-17(2)23(30)28-14-21/h5-12,14,27H,13H2,1-4H3,(H,28,30)(H,29,31). The number of hydrogen-bond donors (Lipinski definition) is 3. The second kappa shape index (κ2) is 8.88. The minimum Gasteiger partial charge on any atom is -0.381 e. The highest BCUT2D eigenvalue weighted by atomic mass is 16.1. The Hall–Kier alpha value is -3.85. The first kappa shape index (κ1) is 21.8. The molecule has 1 aromatic heterocycles. The summed E-state index contributed by atoms with van der Waals surface area (Å²) in [5, 5.41) is 15.5. The van der Waals surface area contributed by atoms with Gasteiger partial charge in [0.25, 0.3) is 11.5 Å². The Balaban J connectivity index is 1.75. The summed E-state index contributed by atoms with van der Waals surface area (Å²) < 4.78 is 0. The topological polar surface area (TPSA) is 97.8 Å². The van der Waals surface area contributed by atoms with Crippen molar-refractivity contribution in [2.75, 3.05) is 10.6 Å². The van der Waals surface area contributed by atoms with Gasteiger partial charge < -0.3 is 15.6 Å². The SMILES string of the molecule is Cc1ccc(NCc2cccc(C(C)(C)C#N)c2)cc1C(=O)Nc1c[nH]c(=O)c(C)c1. The van der Waals surface area contributed by atoms with Crippen LogP contribution in [0, 0.1) is 25.2 Å². The minimum absolute atomic E-state index is 0.178. The predicted molar refractivity (Wildman–Crippen MR) is 123 cm³/mol. The highest BCUT2D eigenvalue weighted by Gasteiger charge is 2.19. The molecular formula is C25H26N4O2. The third-order valence-electron chi connectivity index (χ3n) is 5.25. The van der Waals surface area contributed by atoms with Crippen molar-refractivity contribution in [3.63, 3.8) is 0 Å². The van der Waals surface area contributed by atoms with Crippen molar-refractivity contribution in [2.24, 2.45) is 0 Å². The molecule has 0 unspecified atom stereocenters. The van der Waals surface area contributed by atoms with Gasteiger partial charge in [-0.05, 0) is 62.6 Å². The average Bonchev–Trinajstić information content (AvgIpc) is 2.76. The maximum Gasteiger partial charge on any atom is 0.256 e. The van der Waals surface area contributed by atoms with E-state index in [9.17, 15) is 14.9 Å². The molecule has 0 spiro atoms. The summed E-state index contributed by atoms with van der Waals surface area (Å²) in [7, 11) is 0. The van der Waals surface area contributed by atoms with Crippen molar-refractivity contribution >= 4 is 17.3 Å². The number of nitrogens with one attached hydrogen (secondary N) is 3. The molecule has 6 heteroatoms. The Labute approximate surface area is 182 Å². The van der Waals surface area contributed by atoms with Crippen LogP contribution in [0.25, 0.3) is 0 Å². The summed E-state index contributed by atoms with van der Waals surface area (Å²) in [6.07, 6.45) is 1.49. The van der Waals surface area contributed by atoms with E-state index in [2.05, 4.69) is 21.7 Å². The van der Waals surface area contributed by atoms with E-state index in [0.717, 1.165) is 22.4 Å². The average molecular weight is 415 g/mol. The van der Waals surface area contributed by atoms with Crippen LogP contribution in [0.5, 0.6) is 0 Å². The van der Waals surface area contributed by atoms with Crippen molar-refractivity contribution in [2.45, 2.75) is 39.7 Å². The molecule has 3 aromatic rings. The molecule has 3 N–H and O–H groups in total. The molecule has 158 valence electrons. The lowest BCUT2D eigenvalue weighted by atomic mass is 9.85. The van der Waals surface area contributed by atoms with E-state index >= 15 is 0 Å². The number of aromatic amines is 1. The van der Waals surface area contributed by atoms with Crippen LogP contribution >= 0.6 is 0 Å². The van der Waals surface area contributed by atoms with Crippen LogP contribution in [0.4, 0.5) is 11.4 Å². The number of anilines is 2. The molecule has 0 fully saturated rings. The lowest BCUT2D eigenvalue weighted by molar-refractivity contribution is 0.102. The molecule has 0 bridgehead atoms. The zero-order valence-electron chi connectivity index (χ0n) is 18.2. The Morgan fingerprint density at radius 2 is 1.84 bits per heavy atom. The number of nitrogens with zero attached hydrogens (tertiary/aromatic N) is 1. The third-order valence-corrected chi connectivity index (χ3v) is 5.25. The Morgan fingerprint density at radius 1 is 1.06 bits per heavy atom. The summed E-state index contributed by atoms with van der Waals surface area (Å²) in [4.78, 5) is 26.9. The van der Waals surface area contributed by atoms with Crippen molar-refractivity contribution in [1.82, 2.24) is 4.98 Å². The Bertz CT molecular complexity index is 1220. The maximum absolute atomic E-state index is 12.8. The smallest absolute Gasteiger partial charge is 0.256 e. The molecule has 0 radical (unpaired) electrons. The summed E-state index contributed by atoms with van der Waals surface area (Å²) in [6.45, 7) is 7.93. The largest absolute Gasteiger partial charge is 0.381 e. The van der Waals surface area contributed by atoms with E-state index in [1.165, 1.54) is 6.20 Å². The molecule has 0 atom stereocenters. The van der Waals surface area contributed by atoms with Gasteiger partial charge in [0.15, 0.2) is 0 Å². The van der Waals surface area contributed by atoms with Crippen LogP contribution < -0.4 is 16.2 Å². The second-order valence-electron chi connectivity index (χ2n) is 8.18. The molecule has 6 nitrogen and oxygen atoms in total. The van der Waals surface area contributed by atoms with E-state index in [-0.39, 0.29) is 11.5 Å². The maximum atomic E-state index is 12.8. The molecule has 0 aliphatic carbocycles. The Morgan fingerprint density at radius 3 is 2.55 bits per heavy atom. The number of pyridine rings is 1. The number of aryl methyl sites for hydroxylation is 2. The van der Waals surface area contributed by atoms with Gasteiger partial charge in [0.05, 0.1) is 17.2 Å². The van der Waals surface area contributed by atoms with Crippen LogP contribution in [-0.2, 0) is 12.0 Å². The first-order chi connectivity index (χ1) is 14.7. The van der Waals surface area contributed by atoms with Crippen molar-refractivity contribution in [1.29, 1.82) is 5.26 Å². The van der Waals surface area contributed by atoms with Gasteiger partial charge in [-0.1, -0.05) is 30.3 Å². The fourth-order valence-electron chi connectivity index (χ4n) is 3.18. The number of amides is 1. The van der Waals surface area contributed by atoms with Gasteiger partial charge in [0.1, 0.15) is 0 Å². The van der Waals surface area contributed by atoms with E-state index in [4.69, 9.17) is 0 Å². The van der Waals surface area contributed by atoms with Crippen LogP contribution in [-0.4, -0.2) is 10.9 Å². The van der Waals surface area contributed by atoms with Gasteiger partial charge in [-0.2, -0.15) is 5.26 Å². The normalized spacial score (nSPS) is 10.9. The van der Waals surface area contributed by atoms with Crippen LogP contribution in [0.15, 0.2) is 59.5 Å². The predicted octanol–water partition coefficient (Wildman–Crippen LogP) is 4.66. The van der Waals surface area contributed by atoms with Gasteiger partial charge >= 0.3 is 0 Å². The minimum atomic E-state index is -0.550. The molecule has 0 aliphatic heterocycles. The lowest BCUT2D eigenvalue weighted by Gasteiger charge is -2.17. The summed E-state index contributed by atoms with van der Waals surface area (Å²) in [5.41, 5.74) is 4.58. The monoisotopic (exact) mass is 414 g/mol. The van der Waals surface area contributed by atoms with Gasteiger partial charge in [-0.25, -0.2) is 0 Å². The van der Waals surface area contributed by atoms with Crippen molar-refractivity contribution < 1.29 is 4.79 Å². The molecule has 31 heavy (non-hydrogen) atoms. The number of rotatable bonds is 6. The number of aromatic nitrogens is 1. The lowest BCUT2D eigenvalue weighted by Crippen LogP contribution is -2.16. The molecule has 3 rings (SSSR count). The highest BCUT2D eigenvalue weighted by molar-refractivity contribution is 6.05. The summed E-state index contributed by atoms with van der Waals surface area (Å²) in [5.74, 6) is -0.245. The number of benzene rings is 2. The zero-order chi connectivity index (χ0) is 22.6. The zero-order valence-corrected chi connectivity index (χ0v) is 18.2. The number of carbonyl (C=O) groups is 1. The number of nitriles is 1. The highest BCUT2D eigenvalue weighted by Crippen LogP contribution is 2.24. The molecule has 0 aliphatic rings. The Kier molecular flexibility index (Phi) is 6.26.